The summed E-state index contributed by atoms with van der Waals surface area (Å²) in [4.78, 5) is 11.7. The van der Waals surface area contributed by atoms with E-state index >= 15 is 0 Å². The van der Waals surface area contributed by atoms with Gasteiger partial charge >= 0.3 is 0 Å². The number of Topliss-reactive ketones (excluding diaryl/α,β-unsaturated/α-hetero) is 1. The van der Waals surface area contributed by atoms with Gasteiger partial charge in [0.25, 0.3) is 0 Å². The number of carbonyl (C=O) groups is 1. The molecule has 0 radical (unpaired) electrons. The van der Waals surface area contributed by atoms with E-state index in [-0.39, 0.29) is 11.8 Å². The van der Waals surface area contributed by atoms with Crippen molar-refractivity contribution in [1.29, 1.82) is 0 Å². The van der Waals surface area contributed by atoms with Crippen LogP contribution < -0.4 is 0 Å². The van der Waals surface area contributed by atoms with Crippen LogP contribution in [0, 0.1) is 0 Å². The van der Waals surface area contributed by atoms with E-state index in [1.54, 1.807) is 0 Å². The zero-order chi connectivity index (χ0) is 9.00. The third-order valence-electron chi connectivity index (χ3n) is 3.24. The third-order valence-corrected chi connectivity index (χ3v) is 3.57. The minimum atomic E-state index is 0.119. The summed E-state index contributed by atoms with van der Waals surface area (Å²) in [6.45, 7) is 0. The van der Waals surface area contributed by atoms with Crippen LogP contribution in [0.3, 0.4) is 0 Å². The van der Waals surface area contributed by atoms with Crippen LogP contribution in [0.1, 0.15) is 35.8 Å². The molecule has 0 heterocycles. The molecule has 2 aliphatic rings. The Morgan fingerprint density at radius 1 is 1.23 bits per heavy atom. The van der Waals surface area contributed by atoms with Crippen molar-refractivity contribution in [1.82, 2.24) is 0 Å². The highest BCUT2D eigenvalue weighted by Crippen LogP contribution is 2.52. The maximum Gasteiger partial charge on any atom is 0.147 e. The molecule has 0 aliphatic heterocycles. The average molecular weight is 193 g/mol. The summed E-state index contributed by atoms with van der Waals surface area (Å²) in [7, 11) is 0. The number of ketones is 1. The van der Waals surface area contributed by atoms with Crippen molar-refractivity contribution in [3.05, 3.63) is 34.3 Å². The zero-order valence-electron chi connectivity index (χ0n) is 7.09. The predicted octanol–water partition coefficient (Wildman–Crippen LogP) is 2.88. The highest BCUT2D eigenvalue weighted by atomic mass is 35.5. The fraction of sp³-hybridized carbons (Fsp3) is 0.364. The molecule has 13 heavy (non-hydrogen) atoms. The summed E-state index contributed by atoms with van der Waals surface area (Å²) >= 11 is 6.08. The molecule has 1 fully saturated rings. The van der Waals surface area contributed by atoms with Crippen molar-refractivity contribution in [3.8, 4) is 0 Å². The molecule has 2 heteroatoms. The summed E-state index contributed by atoms with van der Waals surface area (Å²) in [6, 6.07) is 5.87. The summed E-state index contributed by atoms with van der Waals surface area (Å²) in [6.07, 6.45) is 2.02. The number of hydrogen-bond donors (Lipinski definition) is 0. The molecule has 66 valence electrons. The second-order valence-electron chi connectivity index (χ2n) is 3.83. The van der Waals surface area contributed by atoms with Gasteiger partial charge in [0.2, 0.25) is 0 Å². The zero-order valence-corrected chi connectivity index (χ0v) is 7.84. The van der Waals surface area contributed by atoms with Crippen molar-refractivity contribution in [2.75, 3.05) is 0 Å². The van der Waals surface area contributed by atoms with E-state index in [1.807, 2.05) is 18.2 Å². The Kier molecular flexibility index (Phi) is 1.37. The van der Waals surface area contributed by atoms with Gasteiger partial charge < -0.3 is 0 Å². The topological polar surface area (TPSA) is 17.1 Å². The normalized spacial score (nSPS) is 29.5. The van der Waals surface area contributed by atoms with Gasteiger partial charge in [-0.25, -0.2) is 0 Å². The number of halogens is 1. The molecule has 2 aliphatic carbocycles. The number of hydrogen-bond acceptors (Lipinski definition) is 1. The second-order valence-corrected chi connectivity index (χ2v) is 4.23. The quantitative estimate of drug-likeness (QED) is 0.618. The highest BCUT2D eigenvalue weighted by Gasteiger charge is 2.45. The van der Waals surface area contributed by atoms with Crippen molar-refractivity contribution in [3.63, 3.8) is 0 Å². The Morgan fingerprint density at radius 3 is 2.77 bits per heavy atom. The first kappa shape index (κ1) is 7.57. The lowest BCUT2D eigenvalue weighted by Crippen LogP contribution is -1.99. The van der Waals surface area contributed by atoms with Gasteiger partial charge in [-0.3, -0.25) is 4.79 Å². The van der Waals surface area contributed by atoms with Crippen LogP contribution >= 0.6 is 11.6 Å². The van der Waals surface area contributed by atoms with E-state index in [1.165, 1.54) is 5.56 Å². The maximum absolute atomic E-state index is 11.7. The standard InChI is InChI=1S/C11H9ClO/c12-9-3-1-2-6-7-4-5-8(10(6)9)11(7)13/h1-3,7-8H,4-5H2/t7?,8-/m0/s1. The molecule has 1 unspecified atom stereocenters. The summed E-state index contributed by atoms with van der Waals surface area (Å²) in [5, 5.41) is 0.776. The van der Waals surface area contributed by atoms with Crippen molar-refractivity contribution >= 4 is 17.4 Å². The van der Waals surface area contributed by atoms with Gasteiger partial charge in [-0.2, -0.15) is 0 Å². The minimum absolute atomic E-state index is 0.119. The van der Waals surface area contributed by atoms with E-state index in [4.69, 9.17) is 11.6 Å². The maximum atomic E-state index is 11.7. The van der Waals surface area contributed by atoms with Crippen molar-refractivity contribution < 1.29 is 4.79 Å². The SMILES string of the molecule is O=C1C2CC[C@H]1c1c(Cl)cccc12. The molecule has 0 saturated heterocycles. The first-order valence-electron chi connectivity index (χ1n) is 4.61. The molecule has 2 atom stereocenters. The van der Waals surface area contributed by atoms with Crippen LogP contribution in [-0.4, -0.2) is 5.78 Å². The van der Waals surface area contributed by atoms with Gasteiger partial charge in [-0.15, -0.1) is 0 Å². The average Bonchev–Trinajstić information content (AvgIpc) is 2.61. The van der Waals surface area contributed by atoms with Gasteiger partial charge in [0.15, 0.2) is 0 Å². The number of benzene rings is 1. The number of carbonyl (C=O) groups excluding carboxylic acids is 1. The molecule has 1 saturated carbocycles. The van der Waals surface area contributed by atoms with Crippen LogP contribution in [0.4, 0.5) is 0 Å². The fourth-order valence-electron chi connectivity index (χ4n) is 2.68. The first-order valence-corrected chi connectivity index (χ1v) is 4.99. The van der Waals surface area contributed by atoms with Crippen LogP contribution in [0.15, 0.2) is 18.2 Å². The molecule has 0 amide bonds. The molecule has 1 aromatic rings. The van der Waals surface area contributed by atoms with Crippen LogP contribution in [0.5, 0.6) is 0 Å². The van der Waals surface area contributed by atoms with Crippen LogP contribution in [-0.2, 0) is 4.79 Å². The molecular formula is C11H9ClO. The monoisotopic (exact) mass is 192 g/mol. The number of fused-ring (bicyclic) bond motifs is 5. The lowest BCUT2D eigenvalue weighted by molar-refractivity contribution is -0.119. The summed E-state index contributed by atoms with van der Waals surface area (Å²) < 4.78 is 0. The largest absolute Gasteiger partial charge is 0.298 e. The van der Waals surface area contributed by atoms with Gasteiger partial charge in [0, 0.05) is 16.9 Å². The molecule has 1 aromatic carbocycles. The number of rotatable bonds is 0. The Bertz CT molecular complexity index is 397. The molecule has 2 bridgehead atoms. The molecule has 1 nitrogen and oxygen atoms in total. The first-order chi connectivity index (χ1) is 6.29. The Hall–Kier alpha value is -0.820. The van der Waals surface area contributed by atoms with Gasteiger partial charge in [-0.05, 0) is 30.0 Å². The molecule has 3 rings (SSSR count). The van der Waals surface area contributed by atoms with E-state index in [0.717, 1.165) is 23.4 Å². The second kappa shape index (κ2) is 2.36. The summed E-state index contributed by atoms with van der Waals surface area (Å²) in [5.41, 5.74) is 2.30. The fourth-order valence-corrected chi connectivity index (χ4v) is 2.99. The van der Waals surface area contributed by atoms with Gasteiger partial charge in [0.05, 0.1) is 0 Å². The molecule has 0 N–H and O–H groups in total. The van der Waals surface area contributed by atoms with E-state index in [2.05, 4.69) is 0 Å². The van der Waals surface area contributed by atoms with Crippen molar-refractivity contribution in [2.45, 2.75) is 24.7 Å². The van der Waals surface area contributed by atoms with Crippen molar-refractivity contribution in [2.24, 2.45) is 0 Å². The van der Waals surface area contributed by atoms with Crippen LogP contribution in [0.25, 0.3) is 0 Å². The lowest BCUT2D eigenvalue weighted by atomic mass is 9.92. The van der Waals surface area contributed by atoms with Gasteiger partial charge in [-0.1, -0.05) is 23.7 Å². The molecule has 0 spiro atoms. The van der Waals surface area contributed by atoms with E-state index < -0.39 is 0 Å². The third kappa shape index (κ3) is 0.806. The van der Waals surface area contributed by atoms with Gasteiger partial charge in [0.1, 0.15) is 5.78 Å². The van der Waals surface area contributed by atoms with E-state index in [0.29, 0.717) is 5.78 Å². The molecule has 0 aromatic heterocycles. The smallest absolute Gasteiger partial charge is 0.147 e. The predicted molar refractivity (Wildman–Crippen MR) is 51.2 cm³/mol. The Morgan fingerprint density at radius 2 is 2.00 bits per heavy atom. The lowest BCUT2D eigenvalue weighted by Gasteiger charge is -2.13. The van der Waals surface area contributed by atoms with Crippen LogP contribution in [0.2, 0.25) is 5.02 Å². The minimum Gasteiger partial charge on any atom is -0.298 e. The highest BCUT2D eigenvalue weighted by molar-refractivity contribution is 6.32. The molecular weight excluding hydrogens is 184 g/mol. The Labute approximate surface area is 81.7 Å². The van der Waals surface area contributed by atoms with E-state index in [9.17, 15) is 4.79 Å². The summed E-state index contributed by atoms with van der Waals surface area (Å²) in [5.74, 6) is 0.676. The Balaban J connectivity index is 2.30.